The van der Waals surface area contributed by atoms with Gasteiger partial charge < -0.3 is 10.6 Å². The van der Waals surface area contributed by atoms with E-state index < -0.39 is 0 Å². The number of nitrogens with zero attached hydrogens (tertiary/aromatic N) is 3. The van der Waals surface area contributed by atoms with Crippen LogP contribution in [-0.4, -0.2) is 33.7 Å². The first kappa shape index (κ1) is 12.9. The highest BCUT2D eigenvalue weighted by Crippen LogP contribution is 2.36. The Bertz CT molecular complexity index is 611. The van der Waals surface area contributed by atoms with Crippen LogP contribution < -0.4 is 5.73 Å². The van der Waals surface area contributed by atoms with Crippen molar-refractivity contribution in [3.05, 3.63) is 10.6 Å². The van der Waals surface area contributed by atoms with Gasteiger partial charge >= 0.3 is 0 Å². The highest BCUT2D eigenvalue weighted by molar-refractivity contribution is 7.21. The summed E-state index contributed by atoms with van der Waals surface area (Å²) >= 11 is 1.41. The standard InChI is InChI=1S/C12H18N4OS/c1-6(2)15(4)11(17)10-9(13)8-7(3)14-16(5)12(8)18-10/h6H,13H2,1-5H3. The molecule has 0 bridgehead atoms. The second kappa shape index (κ2) is 4.28. The van der Waals surface area contributed by atoms with Gasteiger partial charge in [-0.15, -0.1) is 11.3 Å². The van der Waals surface area contributed by atoms with E-state index in [0.29, 0.717) is 10.6 Å². The number of thiophene rings is 1. The van der Waals surface area contributed by atoms with Gasteiger partial charge in [0.25, 0.3) is 5.91 Å². The molecule has 0 aromatic carbocycles. The minimum absolute atomic E-state index is 0.0249. The molecule has 2 aromatic heterocycles. The zero-order chi connectivity index (χ0) is 13.6. The minimum atomic E-state index is -0.0249. The normalized spacial score (nSPS) is 11.4. The van der Waals surface area contributed by atoms with Crippen molar-refractivity contribution in [2.24, 2.45) is 7.05 Å². The molecule has 2 N–H and O–H groups in total. The predicted molar refractivity (Wildman–Crippen MR) is 75.0 cm³/mol. The SMILES string of the molecule is Cc1nn(C)c2sc(C(=O)N(C)C(C)C)c(N)c12. The average molecular weight is 266 g/mol. The quantitative estimate of drug-likeness (QED) is 0.904. The number of aryl methyl sites for hydroxylation is 2. The molecular formula is C12H18N4OS. The summed E-state index contributed by atoms with van der Waals surface area (Å²) in [6.45, 7) is 5.87. The summed E-state index contributed by atoms with van der Waals surface area (Å²) in [7, 11) is 3.66. The van der Waals surface area contributed by atoms with Crippen LogP contribution in [0.15, 0.2) is 0 Å². The van der Waals surface area contributed by atoms with E-state index in [0.717, 1.165) is 15.9 Å². The van der Waals surface area contributed by atoms with E-state index in [-0.39, 0.29) is 11.9 Å². The molecule has 0 saturated heterocycles. The first-order valence-corrected chi connectivity index (χ1v) is 6.65. The number of amides is 1. The fraction of sp³-hybridized carbons (Fsp3) is 0.500. The Balaban J connectivity index is 2.56. The van der Waals surface area contributed by atoms with Gasteiger partial charge in [-0.3, -0.25) is 9.48 Å². The maximum absolute atomic E-state index is 12.3. The van der Waals surface area contributed by atoms with Crippen LogP contribution >= 0.6 is 11.3 Å². The third-order valence-corrected chi connectivity index (χ3v) is 4.43. The molecule has 0 atom stereocenters. The Hall–Kier alpha value is -1.56. The molecule has 0 aliphatic carbocycles. The summed E-state index contributed by atoms with van der Waals surface area (Å²) in [5, 5.41) is 5.22. The van der Waals surface area contributed by atoms with Crippen LogP contribution in [0.3, 0.4) is 0 Å². The second-order valence-electron chi connectivity index (χ2n) is 4.74. The van der Waals surface area contributed by atoms with Gasteiger partial charge in [-0.05, 0) is 20.8 Å². The van der Waals surface area contributed by atoms with Gasteiger partial charge in [-0.25, -0.2) is 0 Å². The Morgan fingerprint density at radius 1 is 1.50 bits per heavy atom. The predicted octanol–water partition coefficient (Wildman–Crippen LogP) is 2.01. The largest absolute Gasteiger partial charge is 0.397 e. The molecule has 18 heavy (non-hydrogen) atoms. The number of hydrogen-bond acceptors (Lipinski definition) is 4. The lowest BCUT2D eigenvalue weighted by atomic mass is 10.2. The first-order chi connectivity index (χ1) is 8.34. The smallest absolute Gasteiger partial charge is 0.266 e. The van der Waals surface area contributed by atoms with Gasteiger partial charge in [0.05, 0.1) is 16.8 Å². The number of aromatic nitrogens is 2. The fourth-order valence-corrected chi connectivity index (χ4v) is 3.05. The molecule has 98 valence electrons. The Kier molecular flexibility index (Phi) is 3.06. The van der Waals surface area contributed by atoms with Gasteiger partial charge in [0, 0.05) is 20.1 Å². The van der Waals surface area contributed by atoms with Crippen molar-refractivity contribution in [2.45, 2.75) is 26.8 Å². The van der Waals surface area contributed by atoms with E-state index in [9.17, 15) is 4.79 Å². The highest BCUT2D eigenvalue weighted by Gasteiger charge is 2.24. The Morgan fingerprint density at radius 2 is 2.11 bits per heavy atom. The number of rotatable bonds is 2. The van der Waals surface area contributed by atoms with Gasteiger partial charge in [-0.2, -0.15) is 5.10 Å². The lowest BCUT2D eigenvalue weighted by molar-refractivity contribution is 0.0761. The molecule has 2 rings (SSSR count). The molecule has 0 unspecified atom stereocenters. The number of carbonyl (C=O) groups excluding carboxylic acids is 1. The molecule has 2 aromatic rings. The lowest BCUT2D eigenvalue weighted by Crippen LogP contribution is -2.32. The molecule has 6 heteroatoms. The molecule has 5 nitrogen and oxygen atoms in total. The molecule has 0 spiro atoms. The van der Waals surface area contributed by atoms with Gasteiger partial charge in [0.1, 0.15) is 9.71 Å². The number of anilines is 1. The average Bonchev–Trinajstić information content (AvgIpc) is 2.77. The van der Waals surface area contributed by atoms with Gasteiger partial charge in [0.15, 0.2) is 0 Å². The summed E-state index contributed by atoms with van der Waals surface area (Å²) in [5.41, 5.74) is 7.52. The Morgan fingerprint density at radius 3 is 2.61 bits per heavy atom. The van der Waals surface area contributed by atoms with Crippen molar-refractivity contribution in [1.29, 1.82) is 0 Å². The fourth-order valence-electron chi connectivity index (χ4n) is 1.88. The van der Waals surface area contributed by atoms with Crippen LogP contribution in [0.1, 0.15) is 29.2 Å². The topological polar surface area (TPSA) is 64.2 Å². The number of nitrogens with two attached hydrogens (primary N) is 1. The zero-order valence-electron chi connectivity index (χ0n) is 11.3. The molecule has 0 aliphatic heterocycles. The van der Waals surface area contributed by atoms with E-state index in [2.05, 4.69) is 5.10 Å². The van der Waals surface area contributed by atoms with E-state index in [1.54, 1.807) is 16.6 Å². The monoisotopic (exact) mass is 266 g/mol. The maximum atomic E-state index is 12.3. The summed E-state index contributed by atoms with van der Waals surface area (Å²) in [6, 6.07) is 0.154. The molecule has 0 radical (unpaired) electrons. The van der Waals surface area contributed by atoms with Crippen molar-refractivity contribution in [1.82, 2.24) is 14.7 Å². The molecule has 1 amide bonds. The van der Waals surface area contributed by atoms with Crippen molar-refractivity contribution in [3.8, 4) is 0 Å². The van der Waals surface area contributed by atoms with Crippen molar-refractivity contribution < 1.29 is 4.79 Å². The number of carbonyl (C=O) groups is 1. The first-order valence-electron chi connectivity index (χ1n) is 5.83. The highest BCUT2D eigenvalue weighted by atomic mass is 32.1. The summed E-state index contributed by atoms with van der Waals surface area (Å²) in [6.07, 6.45) is 0. The number of hydrogen-bond donors (Lipinski definition) is 1. The van der Waals surface area contributed by atoms with Crippen molar-refractivity contribution >= 4 is 33.1 Å². The maximum Gasteiger partial charge on any atom is 0.266 e. The third-order valence-electron chi connectivity index (χ3n) is 3.17. The summed E-state index contributed by atoms with van der Waals surface area (Å²) in [5.74, 6) is -0.0249. The van der Waals surface area contributed by atoms with Crippen LogP contribution in [0, 0.1) is 6.92 Å². The van der Waals surface area contributed by atoms with E-state index in [1.807, 2.05) is 27.8 Å². The zero-order valence-corrected chi connectivity index (χ0v) is 12.1. The molecular weight excluding hydrogens is 248 g/mol. The van der Waals surface area contributed by atoms with Crippen LogP contribution in [0.25, 0.3) is 10.2 Å². The molecule has 2 heterocycles. The van der Waals surface area contributed by atoms with Gasteiger partial charge in [0.2, 0.25) is 0 Å². The van der Waals surface area contributed by atoms with E-state index in [4.69, 9.17) is 5.73 Å². The van der Waals surface area contributed by atoms with Crippen molar-refractivity contribution in [3.63, 3.8) is 0 Å². The Labute approximate surface area is 110 Å². The van der Waals surface area contributed by atoms with Crippen molar-refractivity contribution in [2.75, 3.05) is 12.8 Å². The second-order valence-corrected chi connectivity index (χ2v) is 5.74. The van der Waals surface area contributed by atoms with Crippen LogP contribution in [0.2, 0.25) is 0 Å². The number of nitrogen functional groups attached to an aromatic ring is 1. The van der Waals surface area contributed by atoms with Gasteiger partial charge in [-0.1, -0.05) is 0 Å². The number of fused-ring (bicyclic) bond motifs is 1. The lowest BCUT2D eigenvalue weighted by Gasteiger charge is -2.20. The van der Waals surface area contributed by atoms with Crippen LogP contribution in [0.4, 0.5) is 5.69 Å². The summed E-state index contributed by atoms with van der Waals surface area (Å²) in [4.78, 5) is 15.6. The molecule has 0 aliphatic rings. The van der Waals surface area contributed by atoms with E-state index >= 15 is 0 Å². The summed E-state index contributed by atoms with van der Waals surface area (Å²) < 4.78 is 1.78. The minimum Gasteiger partial charge on any atom is -0.397 e. The third kappa shape index (κ3) is 1.77. The van der Waals surface area contributed by atoms with Crippen LogP contribution in [-0.2, 0) is 7.05 Å². The molecule has 0 fully saturated rings. The van der Waals surface area contributed by atoms with E-state index in [1.165, 1.54) is 11.3 Å². The molecule has 0 saturated carbocycles. The van der Waals surface area contributed by atoms with Crippen LogP contribution in [0.5, 0.6) is 0 Å².